The van der Waals surface area contributed by atoms with Crippen LogP contribution in [0.15, 0.2) is 73.1 Å². The fourth-order valence-corrected chi connectivity index (χ4v) is 3.75. The lowest BCUT2D eigenvalue weighted by Crippen LogP contribution is -2.51. The maximum Gasteiger partial charge on any atom is 0.321 e. The number of aryl methyl sites for hydroxylation is 1. The van der Waals surface area contributed by atoms with Gasteiger partial charge in [-0.25, -0.2) is 4.79 Å². The first-order chi connectivity index (χ1) is 15.5. The van der Waals surface area contributed by atoms with E-state index in [2.05, 4.69) is 10.3 Å². The summed E-state index contributed by atoms with van der Waals surface area (Å²) in [6.07, 6.45) is 3.51. The molecule has 3 aromatic rings. The van der Waals surface area contributed by atoms with Crippen molar-refractivity contribution in [3.05, 3.63) is 84.2 Å². The van der Waals surface area contributed by atoms with Crippen LogP contribution in [0.4, 0.5) is 21.9 Å². The minimum absolute atomic E-state index is 0.0120. The second kappa shape index (κ2) is 9.51. The van der Waals surface area contributed by atoms with Crippen LogP contribution in [-0.4, -0.2) is 59.9 Å². The number of carbonyl (C=O) groups is 2. The van der Waals surface area contributed by atoms with Crippen molar-refractivity contribution >= 4 is 29.0 Å². The molecule has 7 heteroatoms. The Bertz CT molecular complexity index is 1080. The number of amides is 3. The normalized spacial score (nSPS) is 13.6. The second-order valence-corrected chi connectivity index (χ2v) is 7.84. The van der Waals surface area contributed by atoms with Crippen LogP contribution < -0.4 is 10.2 Å². The van der Waals surface area contributed by atoms with Gasteiger partial charge in [0.15, 0.2) is 0 Å². The first kappa shape index (κ1) is 21.4. The van der Waals surface area contributed by atoms with E-state index >= 15 is 0 Å². The molecule has 164 valence electrons. The zero-order chi connectivity index (χ0) is 22.5. The number of benzene rings is 2. The topological polar surface area (TPSA) is 68.8 Å². The molecule has 0 atom stereocenters. The number of aromatic nitrogens is 1. The fraction of sp³-hybridized carbons (Fsp3) is 0.240. The van der Waals surface area contributed by atoms with Gasteiger partial charge in [-0.2, -0.15) is 0 Å². The predicted molar refractivity (Wildman–Crippen MR) is 126 cm³/mol. The molecule has 1 aliphatic heterocycles. The molecule has 0 unspecified atom stereocenters. The molecule has 1 fully saturated rings. The molecule has 1 saturated heterocycles. The third kappa shape index (κ3) is 4.72. The average molecular weight is 430 g/mol. The standard InChI is InChI=1S/C25H27N5O2/c1-19-5-3-4-6-23(19)27-25(32)30-17-15-29(16-18-30)24(31)20-7-9-21(10-8-20)28(2)22-11-13-26-14-12-22/h3-14H,15-18H2,1-2H3,(H,27,32). The van der Waals surface area contributed by atoms with E-state index < -0.39 is 0 Å². The highest BCUT2D eigenvalue weighted by Crippen LogP contribution is 2.23. The highest BCUT2D eigenvalue weighted by molar-refractivity contribution is 5.95. The maximum atomic E-state index is 12.9. The molecule has 0 spiro atoms. The first-order valence-electron chi connectivity index (χ1n) is 10.7. The molecule has 2 heterocycles. The van der Waals surface area contributed by atoms with Crippen molar-refractivity contribution in [2.24, 2.45) is 0 Å². The lowest BCUT2D eigenvalue weighted by atomic mass is 10.1. The number of hydrogen-bond donors (Lipinski definition) is 1. The molecule has 7 nitrogen and oxygen atoms in total. The maximum absolute atomic E-state index is 12.9. The number of anilines is 3. The highest BCUT2D eigenvalue weighted by atomic mass is 16.2. The molecule has 4 rings (SSSR count). The zero-order valence-corrected chi connectivity index (χ0v) is 18.4. The van der Waals surface area contributed by atoms with Gasteiger partial charge in [-0.15, -0.1) is 0 Å². The number of nitrogens with zero attached hydrogens (tertiary/aromatic N) is 4. The Kier molecular flexibility index (Phi) is 6.35. The van der Waals surface area contributed by atoms with E-state index in [9.17, 15) is 9.59 Å². The predicted octanol–water partition coefficient (Wildman–Crippen LogP) is 4.15. The Morgan fingerprint density at radius 3 is 2.09 bits per heavy atom. The Morgan fingerprint density at radius 1 is 0.844 bits per heavy atom. The number of hydrogen-bond acceptors (Lipinski definition) is 4. The van der Waals surface area contributed by atoms with Crippen molar-refractivity contribution in [3.63, 3.8) is 0 Å². The smallest absolute Gasteiger partial charge is 0.321 e. The van der Waals surface area contributed by atoms with Crippen LogP contribution in [0.1, 0.15) is 15.9 Å². The first-order valence-corrected chi connectivity index (χ1v) is 10.7. The van der Waals surface area contributed by atoms with Crippen LogP contribution in [0.3, 0.4) is 0 Å². The number of piperazine rings is 1. The van der Waals surface area contributed by atoms with Gasteiger partial charge < -0.3 is 20.0 Å². The van der Waals surface area contributed by atoms with Gasteiger partial charge in [0.05, 0.1) is 0 Å². The SMILES string of the molecule is Cc1ccccc1NC(=O)N1CCN(C(=O)c2ccc(N(C)c3ccncc3)cc2)CC1. The summed E-state index contributed by atoms with van der Waals surface area (Å²) >= 11 is 0. The van der Waals surface area contributed by atoms with Crippen LogP contribution >= 0.6 is 0 Å². The molecule has 3 amide bonds. The quantitative estimate of drug-likeness (QED) is 0.677. The van der Waals surface area contributed by atoms with Gasteiger partial charge in [0.2, 0.25) is 0 Å². The van der Waals surface area contributed by atoms with Crippen molar-refractivity contribution < 1.29 is 9.59 Å². The van der Waals surface area contributed by atoms with Crippen LogP contribution in [0.2, 0.25) is 0 Å². The lowest BCUT2D eigenvalue weighted by Gasteiger charge is -2.35. The minimum Gasteiger partial charge on any atom is -0.345 e. The number of pyridine rings is 1. The van der Waals surface area contributed by atoms with E-state index in [1.54, 1.807) is 22.2 Å². The summed E-state index contributed by atoms with van der Waals surface area (Å²) < 4.78 is 0. The molecule has 0 bridgehead atoms. The van der Waals surface area contributed by atoms with Gasteiger partial charge in [-0.05, 0) is 55.0 Å². The average Bonchev–Trinajstić information content (AvgIpc) is 2.85. The summed E-state index contributed by atoms with van der Waals surface area (Å²) in [5.74, 6) is -0.0120. The molecule has 0 aliphatic carbocycles. The zero-order valence-electron chi connectivity index (χ0n) is 18.4. The van der Waals surface area contributed by atoms with Gasteiger partial charge in [-0.1, -0.05) is 18.2 Å². The molecular formula is C25H27N5O2. The summed E-state index contributed by atoms with van der Waals surface area (Å²) in [6.45, 7) is 4.00. The number of carbonyl (C=O) groups excluding carboxylic acids is 2. The highest BCUT2D eigenvalue weighted by Gasteiger charge is 2.25. The molecule has 1 N–H and O–H groups in total. The summed E-state index contributed by atoms with van der Waals surface area (Å²) in [4.78, 5) is 35.2. The monoisotopic (exact) mass is 429 g/mol. The van der Waals surface area contributed by atoms with Crippen LogP contribution in [-0.2, 0) is 0 Å². The Labute approximate surface area is 188 Å². The van der Waals surface area contributed by atoms with Gasteiger partial charge in [0.1, 0.15) is 0 Å². The minimum atomic E-state index is -0.130. The summed E-state index contributed by atoms with van der Waals surface area (Å²) in [5.41, 5.74) is 4.50. The largest absolute Gasteiger partial charge is 0.345 e. The molecule has 1 aromatic heterocycles. The molecule has 0 radical (unpaired) electrons. The van der Waals surface area contributed by atoms with Crippen LogP contribution in [0.25, 0.3) is 0 Å². The van der Waals surface area contributed by atoms with Crippen LogP contribution in [0.5, 0.6) is 0 Å². The van der Waals surface area contributed by atoms with E-state index in [-0.39, 0.29) is 11.9 Å². The second-order valence-electron chi connectivity index (χ2n) is 7.84. The van der Waals surface area contributed by atoms with Gasteiger partial charge >= 0.3 is 6.03 Å². The summed E-state index contributed by atoms with van der Waals surface area (Å²) in [7, 11) is 1.98. The molecular weight excluding hydrogens is 402 g/mol. The van der Waals surface area contributed by atoms with Crippen molar-refractivity contribution in [1.29, 1.82) is 0 Å². The third-order valence-electron chi connectivity index (χ3n) is 5.79. The van der Waals surface area contributed by atoms with Crippen molar-refractivity contribution in [3.8, 4) is 0 Å². The lowest BCUT2D eigenvalue weighted by molar-refractivity contribution is 0.0671. The van der Waals surface area contributed by atoms with E-state index in [0.29, 0.717) is 31.7 Å². The molecule has 2 aromatic carbocycles. The number of rotatable bonds is 4. The Morgan fingerprint density at radius 2 is 1.44 bits per heavy atom. The van der Waals surface area contributed by atoms with Crippen LogP contribution in [0, 0.1) is 6.92 Å². The summed E-state index contributed by atoms with van der Waals surface area (Å²) in [5, 5.41) is 2.96. The van der Waals surface area contributed by atoms with E-state index in [1.165, 1.54) is 0 Å². The Hall–Kier alpha value is -3.87. The van der Waals surface area contributed by atoms with E-state index in [1.807, 2.05) is 79.5 Å². The number of nitrogens with one attached hydrogen (secondary N) is 1. The van der Waals surface area contributed by atoms with Gasteiger partial charge in [-0.3, -0.25) is 9.78 Å². The number of para-hydroxylation sites is 1. The Balaban J connectivity index is 1.33. The van der Waals surface area contributed by atoms with Crippen molar-refractivity contribution in [2.45, 2.75) is 6.92 Å². The molecule has 32 heavy (non-hydrogen) atoms. The molecule has 0 saturated carbocycles. The molecule has 1 aliphatic rings. The third-order valence-corrected chi connectivity index (χ3v) is 5.79. The van der Waals surface area contributed by atoms with E-state index in [4.69, 9.17) is 0 Å². The van der Waals surface area contributed by atoms with Crippen molar-refractivity contribution in [1.82, 2.24) is 14.8 Å². The fourth-order valence-electron chi connectivity index (χ4n) is 3.75. The van der Waals surface area contributed by atoms with Gasteiger partial charge in [0.25, 0.3) is 5.91 Å². The van der Waals surface area contributed by atoms with Crippen molar-refractivity contribution in [2.75, 3.05) is 43.4 Å². The number of urea groups is 1. The van der Waals surface area contributed by atoms with E-state index in [0.717, 1.165) is 22.6 Å². The van der Waals surface area contributed by atoms with Gasteiger partial charge in [0, 0.05) is 68.2 Å². The summed E-state index contributed by atoms with van der Waals surface area (Å²) in [6, 6.07) is 19.0.